The summed E-state index contributed by atoms with van der Waals surface area (Å²) in [5.41, 5.74) is 2.12. The third-order valence-electron chi connectivity index (χ3n) is 6.16. The molecule has 28 heavy (non-hydrogen) atoms. The molecule has 156 valence electrons. The Labute approximate surface area is 171 Å². The van der Waals surface area contributed by atoms with E-state index in [1.165, 1.54) is 37.9 Å². The third kappa shape index (κ3) is 6.66. The molecular formula is C23H38N4O. The second-order valence-electron chi connectivity index (χ2n) is 8.61. The molecular weight excluding hydrogens is 348 g/mol. The number of benzene rings is 1. The number of rotatable bonds is 9. The second kappa shape index (κ2) is 11.1. The van der Waals surface area contributed by atoms with Gasteiger partial charge in [-0.25, -0.2) is 0 Å². The van der Waals surface area contributed by atoms with Crippen LogP contribution in [0.4, 0.5) is 0 Å². The van der Waals surface area contributed by atoms with Crippen LogP contribution in [0.2, 0.25) is 0 Å². The van der Waals surface area contributed by atoms with Crippen LogP contribution in [0.1, 0.15) is 49.0 Å². The highest BCUT2D eigenvalue weighted by Crippen LogP contribution is 2.12. The zero-order valence-electron chi connectivity index (χ0n) is 17.8. The molecule has 5 nitrogen and oxygen atoms in total. The number of piperidine rings is 1. The first-order chi connectivity index (χ1) is 13.6. The summed E-state index contributed by atoms with van der Waals surface area (Å²) in [6, 6.07) is 8.87. The van der Waals surface area contributed by atoms with Gasteiger partial charge in [0.15, 0.2) is 5.78 Å². The predicted molar refractivity (Wildman–Crippen MR) is 116 cm³/mol. The molecule has 2 aliphatic rings. The molecule has 2 saturated heterocycles. The SMILES string of the molecule is CC(C)N1CCN(Cc2ccc(C(=O)CNCCN3CCCCC3)cc2)CC1. The number of piperazine rings is 1. The quantitative estimate of drug-likeness (QED) is 0.521. The maximum absolute atomic E-state index is 12.4. The van der Waals surface area contributed by atoms with E-state index in [0.29, 0.717) is 12.6 Å². The molecule has 0 saturated carbocycles. The number of hydrogen-bond donors (Lipinski definition) is 1. The van der Waals surface area contributed by atoms with Gasteiger partial charge in [-0.05, 0) is 45.3 Å². The minimum Gasteiger partial charge on any atom is -0.308 e. The standard InChI is InChI=1S/C23H38N4O/c1-20(2)27-16-14-26(15-17-27)19-21-6-8-22(9-7-21)23(28)18-24-10-13-25-11-4-3-5-12-25/h6-9,20,24H,3-5,10-19H2,1-2H3. The molecule has 2 aliphatic heterocycles. The first kappa shape index (κ1) is 21.4. The van der Waals surface area contributed by atoms with Crippen LogP contribution in [-0.4, -0.2) is 85.4 Å². The molecule has 0 radical (unpaired) electrons. The lowest BCUT2D eigenvalue weighted by atomic mass is 10.1. The van der Waals surface area contributed by atoms with Gasteiger partial charge in [0.1, 0.15) is 0 Å². The lowest BCUT2D eigenvalue weighted by Gasteiger charge is -2.36. The Kier molecular flexibility index (Phi) is 8.46. The van der Waals surface area contributed by atoms with Crippen LogP contribution in [0, 0.1) is 0 Å². The van der Waals surface area contributed by atoms with Crippen LogP contribution in [0.25, 0.3) is 0 Å². The van der Waals surface area contributed by atoms with E-state index in [4.69, 9.17) is 0 Å². The van der Waals surface area contributed by atoms with Crippen molar-refractivity contribution in [3.8, 4) is 0 Å². The summed E-state index contributed by atoms with van der Waals surface area (Å²) in [7, 11) is 0. The Morgan fingerprint density at radius 1 is 0.929 bits per heavy atom. The normalized spacial score (nSPS) is 20.0. The van der Waals surface area contributed by atoms with E-state index in [0.717, 1.165) is 51.4 Å². The van der Waals surface area contributed by atoms with Crippen molar-refractivity contribution in [2.45, 2.75) is 45.7 Å². The fraction of sp³-hybridized carbons (Fsp3) is 0.696. The monoisotopic (exact) mass is 386 g/mol. The van der Waals surface area contributed by atoms with Crippen molar-refractivity contribution >= 4 is 5.78 Å². The van der Waals surface area contributed by atoms with E-state index in [-0.39, 0.29) is 5.78 Å². The van der Waals surface area contributed by atoms with Crippen molar-refractivity contribution in [3.63, 3.8) is 0 Å². The Morgan fingerprint density at radius 3 is 2.25 bits per heavy atom. The smallest absolute Gasteiger partial charge is 0.176 e. The van der Waals surface area contributed by atoms with Crippen LogP contribution in [0.5, 0.6) is 0 Å². The summed E-state index contributed by atoms with van der Waals surface area (Å²) in [6.07, 6.45) is 4.00. The van der Waals surface area contributed by atoms with Crippen LogP contribution in [0.3, 0.4) is 0 Å². The Balaban J connectivity index is 1.35. The highest BCUT2D eigenvalue weighted by molar-refractivity contribution is 5.97. The predicted octanol–water partition coefficient (Wildman–Crippen LogP) is 2.47. The van der Waals surface area contributed by atoms with Gasteiger partial charge in [-0.3, -0.25) is 14.6 Å². The molecule has 0 atom stereocenters. The average Bonchev–Trinajstić information content (AvgIpc) is 2.73. The number of carbonyl (C=O) groups excluding carboxylic acids is 1. The maximum Gasteiger partial charge on any atom is 0.176 e. The Morgan fingerprint density at radius 2 is 1.61 bits per heavy atom. The summed E-state index contributed by atoms with van der Waals surface area (Å²) in [6.45, 7) is 14.9. The first-order valence-corrected chi connectivity index (χ1v) is 11.1. The lowest BCUT2D eigenvalue weighted by Crippen LogP contribution is -2.48. The molecule has 0 unspecified atom stereocenters. The van der Waals surface area contributed by atoms with E-state index in [2.05, 4.69) is 46.0 Å². The topological polar surface area (TPSA) is 38.8 Å². The molecule has 5 heteroatoms. The van der Waals surface area contributed by atoms with Gasteiger partial charge in [0, 0.05) is 57.4 Å². The molecule has 0 aliphatic carbocycles. The number of nitrogens with one attached hydrogen (secondary N) is 1. The molecule has 2 heterocycles. The molecule has 0 bridgehead atoms. The summed E-state index contributed by atoms with van der Waals surface area (Å²) in [4.78, 5) is 20.0. The number of nitrogens with zero attached hydrogens (tertiary/aromatic N) is 3. The van der Waals surface area contributed by atoms with Crippen molar-refractivity contribution < 1.29 is 4.79 Å². The molecule has 0 amide bonds. The minimum atomic E-state index is 0.191. The summed E-state index contributed by atoms with van der Waals surface area (Å²) in [5, 5.41) is 3.32. The van der Waals surface area contributed by atoms with Crippen LogP contribution in [0.15, 0.2) is 24.3 Å². The van der Waals surface area contributed by atoms with E-state index >= 15 is 0 Å². The highest BCUT2D eigenvalue weighted by atomic mass is 16.1. The Bertz CT molecular complexity index is 587. The second-order valence-corrected chi connectivity index (χ2v) is 8.61. The van der Waals surface area contributed by atoms with E-state index in [1.807, 2.05) is 12.1 Å². The zero-order chi connectivity index (χ0) is 19.8. The number of carbonyl (C=O) groups is 1. The van der Waals surface area contributed by atoms with Gasteiger partial charge >= 0.3 is 0 Å². The van der Waals surface area contributed by atoms with Gasteiger partial charge in [-0.2, -0.15) is 0 Å². The fourth-order valence-electron chi connectivity index (χ4n) is 4.22. The lowest BCUT2D eigenvalue weighted by molar-refractivity contribution is 0.0989. The van der Waals surface area contributed by atoms with Crippen molar-refractivity contribution in [2.75, 3.05) is 58.9 Å². The van der Waals surface area contributed by atoms with Gasteiger partial charge in [0.2, 0.25) is 0 Å². The molecule has 1 aromatic carbocycles. The van der Waals surface area contributed by atoms with Crippen molar-refractivity contribution in [3.05, 3.63) is 35.4 Å². The van der Waals surface area contributed by atoms with Crippen molar-refractivity contribution in [2.24, 2.45) is 0 Å². The van der Waals surface area contributed by atoms with E-state index in [1.54, 1.807) is 0 Å². The van der Waals surface area contributed by atoms with Crippen molar-refractivity contribution in [1.29, 1.82) is 0 Å². The maximum atomic E-state index is 12.4. The summed E-state index contributed by atoms with van der Waals surface area (Å²) >= 11 is 0. The zero-order valence-corrected chi connectivity index (χ0v) is 17.8. The molecule has 2 fully saturated rings. The average molecular weight is 387 g/mol. The van der Waals surface area contributed by atoms with Gasteiger partial charge in [0.25, 0.3) is 0 Å². The minimum absolute atomic E-state index is 0.191. The van der Waals surface area contributed by atoms with Gasteiger partial charge < -0.3 is 10.2 Å². The van der Waals surface area contributed by atoms with Crippen LogP contribution in [-0.2, 0) is 6.54 Å². The molecule has 1 aromatic rings. The van der Waals surface area contributed by atoms with E-state index < -0.39 is 0 Å². The number of likely N-dealkylation sites (tertiary alicyclic amines) is 1. The molecule has 3 rings (SSSR count). The summed E-state index contributed by atoms with van der Waals surface area (Å²) in [5.74, 6) is 0.191. The fourth-order valence-corrected chi connectivity index (χ4v) is 4.22. The number of ketones is 1. The van der Waals surface area contributed by atoms with E-state index in [9.17, 15) is 4.79 Å². The molecule has 0 aromatic heterocycles. The Hall–Kier alpha value is -1.27. The largest absolute Gasteiger partial charge is 0.308 e. The number of Topliss-reactive ketones (excluding diaryl/α,β-unsaturated/α-hetero) is 1. The third-order valence-corrected chi connectivity index (χ3v) is 6.16. The van der Waals surface area contributed by atoms with Gasteiger partial charge in [-0.15, -0.1) is 0 Å². The molecule has 0 spiro atoms. The summed E-state index contributed by atoms with van der Waals surface area (Å²) < 4.78 is 0. The highest BCUT2D eigenvalue weighted by Gasteiger charge is 2.18. The van der Waals surface area contributed by atoms with Crippen LogP contribution < -0.4 is 5.32 Å². The first-order valence-electron chi connectivity index (χ1n) is 11.1. The van der Waals surface area contributed by atoms with Gasteiger partial charge in [-0.1, -0.05) is 30.7 Å². The molecule has 1 N–H and O–H groups in total. The van der Waals surface area contributed by atoms with Gasteiger partial charge in [0.05, 0.1) is 6.54 Å². The number of hydrogen-bond acceptors (Lipinski definition) is 5. The van der Waals surface area contributed by atoms with Crippen LogP contribution >= 0.6 is 0 Å². The van der Waals surface area contributed by atoms with Crippen molar-refractivity contribution in [1.82, 2.24) is 20.0 Å².